The molecule has 11 rings (SSSR count). The van der Waals surface area contributed by atoms with Crippen LogP contribution >= 0.6 is 11.3 Å². The van der Waals surface area contributed by atoms with Crippen LogP contribution in [-0.2, 0) is 5.41 Å². The monoisotopic (exact) mass is 744 g/mol. The summed E-state index contributed by atoms with van der Waals surface area (Å²) in [5.74, 6) is 0.707. The molecule has 1 aliphatic carbocycles. The fraction of sp³-hybridized carbons (Fsp3) is 0.0370. The van der Waals surface area contributed by atoms with Gasteiger partial charge in [-0.05, 0) is 99.5 Å². The van der Waals surface area contributed by atoms with Gasteiger partial charge in [-0.1, -0.05) is 158 Å². The Balaban J connectivity index is 1.15. The number of nitrogens with zero attached hydrogens (tertiary/aromatic N) is 2. The van der Waals surface area contributed by atoms with Crippen molar-refractivity contribution in [1.82, 2.24) is 9.97 Å². The van der Waals surface area contributed by atoms with Crippen LogP contribution in [0.4, 0.5) is 0 Å². The number of hydrogen-bond donors (Lipinski definition) is 0. The second-order valence-corrected chi connectivity index (χ2v) is 16.2. The highest BCUT2D eigenvalue weighted by atomic mass is 32.1. The molecule has 0 saturated heterocycles. The lowest BCUT2D eigenvalue weighted by molar-refractivity contribution is 0.714. The molecule has 3 heteroatoms. The van der Waals surface area contributed by atoms with E-state index in [1.165, 1.54) is 53.6 Å². The largest absolute Gasteiger partial charge is 0.228 e. The summed E-state index contributed by atoms with van der Waals surface area (Å²) in [6.45, 7) is 2.38. The Morgan fingerprint density at radius 1 is 0.386 bits per heavy atom. The average Bonchev–Trinajstić information content (AvgIpc) is 3.80. The summed E-state index contributed by atoms with van der Waals surface area (Å²) in [5.41, 5.74) is 15.8. The SMILES string of the molecule is CC1(c2ccccc2)c2ccccc2-c2c(-c3cc(-c4ccccc4)cc(-c4cc(-c5ccc6sc7ccccc7c6c5)nc(-c5ccccc5)n4)c3)cccc21. The highest BCUT2D eigenvalue weighted by molar-refractivity contribution is 7.25. The number of rotatable bonds is 6. The first-order chi connectivity index (χ1) is 28.1. The van der Waals surface area contributed by atoms with Crippen LogP contribution in [0.2, 0.25) is 0 Å². The molecular formula is C54H36N2S. The number of benzene rings is 8. The van der Waals surface area contributed by atoms with Crippen molar-refractivity contribution in [2.45, 2.75) is 12.3 Å². The lowest BCUT2D eigenvalue weighted by Gasteiger charge is -2.28. The van der Waals surface area contributed by atoms with Crippen molar-refractivity contribution in [3.8, 4) is 67.3 Å². The van der Waals surface area contributed by atoms with E-state index in [9.17, 15) is 0 Å². The van der Waals surface area contributed by atoms with Gasteiger partial charge in [0, 0.05) is 42.3 Å². The quantitative estimate of drug-likeness (QED) is 0.169. The first-order valence-electron chi connectivity index (χ1n) is 19.5. The molecule has 1 unspecified atom stereocenters. The van der Waals surface area contributed by atoms with E-state index in [-0.39, 0.29) is 5.41 Å². The molecule has 0 fully saturated rings. The van der Waals surface area contributed by atoms with Crippen molar-refractivity contribution >= 4 is 31.5 Å². The Morgan fingerprint density at radius 2 is 0.982 bits per heavy atom. The van der Waals surface area contributed by atoms with E-state index in [1.807, 2.05) is 17.4 Å². The third-order valence-corrected chi connectivity index (χ3v) is 12.9. The van der Waals surface area contributed by atoms with Gasteiger partial charge in [0.05, 0.1) is 11.4 Å². The van der Waals surface area contributed by atoms with E-state index in [1.54, 1.807) is 0 Å². The molecule has 0 N–H and O–H groups in total. The summed E-state index contributed by atoms with van der Waals surface area (Å²) in [6, 6.07) is 72.3. The highest BCUT2D eigenvalue weighted by Gasteiger charge is 2.41. The van der Waals surface area contributed by atoms with Crippen LogP contribution in [0.3, 0.4) is 0 Å². The van der Waals surface area contributed by atoms with Crippen LogP contribution in [0.5, 0.6) is 0 Å². The van der Waals surface area contributed by atoms with E-state index < -0.39 is 0 Å². The molecule has 0 amide bonds. The molecule has 1 atom stereocenters. The first-order valence-corrected chi connectivity index (χ1v) is 20.3. The maximum atomic E-state index is 5.33. The van der Waals surface area contributed by atoms with Crippen molar-refractivity contribution in [3.05, 3.63) is 217 Å². The fourth-order valence-electron chi connectivity index (χ4n) is 8.94. The number of aromatic nitrogens is 2. The van der Waals surface area contributed by atoms with Gasteiger partial charge < -0.3 is 0 Å². The van der Waals surface area contributed by atoms with E-state index in [2.05, 4.69) is 201 Å². The molecule has 2 nitrogen and oxygen atoms in total. The van der Waals surface area contributed by atoms with Gasteiger partial charge >= 0.3 is 0 Å². The zero-order valence-electron chi connectivity index (χ0n) is 31.4. The summed E-state index contributed by atoms with van der Waals surface area (Å²) in [5, 5.41) is 2.53. The first kappa shape index (κ1) is 33.4. The topological polar surface area (TPSA) is 25.8 Å². The van der Waals surface area contributed by atoms with Crippen molar-refractivity contribution < 1.29 is 0 Å². The van der Waals surface area contributed by atoms with E-state index in [4.69, 9.17) is 9.97 Å². The molecule has 0 spiro atoms. The maximum Gasteiger partial charge on any atom is 0.160 e. The number of hydrogen-bond acceptors (Lipinski definition) is 3. The summed E-state index contributed by atoms with van der Waals surface area (Å²) < 4.78 is 2.57. The summed E-state index contributed by atoms with van der Waals surface area (Å²) in [7, 11) is 0. The molecule has 0 saturated carbocycles. The van der Waals surface area contributed by atoms with Gasteiger partial charge in [-0.2, -0.15) is 0 Å². The van der Waals surface area contributed by atoms with Gasteiger partial charge in [0.2, 0.25) is 0 Å². The summed E-state index contributed by atoms with van der Waals surface area (Å²) in [4.78, 5) is 10.6. The third kappa shape index (κ3) is 5.54. The van der Waals surface area contributed by atoms with Crippen LogP contribution < -0.4 is 0 Å². The fourth-order valence-corrected chi connectivity index (χ4v) is 10.0. The van der Waals surface area contributed by atoms with Gasteiger partial charge in [0.1, 0.15) is 0 Å². The minimum Gasteiger partial charge on any atom is -0.228 e. The second kappa shape index (κ2) is 13.4. The molecular weight excluding hydrogens is 709 g/mol. The Kier molecular flexibility index (Phi) is 7.84. The summed E-state index contributed by atoms with van der Waals surface area (Å²) >= 11 is 1.83. The normalized spacial score (nSPS) is 14.5. The molecule has 0 aliphatic heterocycles. The maximum absolute atomic E-state index is 5.33. The van der Waals surface area contributed by atoms with Gasteiger partial charge in [-0.25, -0.2) is 9.97 Å². The Morgan fingerprint density at radius 3 is 1.79 bits per heavy atom. The number of fused-ring (bicyclic) bond motifs is 6. The van der Waals surface area contributed by atoms with Gasteiger partial charge in [0.15, 0.2) is 5.82 Å². The standard InChI is InChI=1S/C54H36N2S/c1-54(41-20-9-4-10-21-41)46-25-13-11-23-44(46)52-42(24-15-26-47(52)54)39-30-38(35-16-5-2-6-17-35)31-40(32-39)49-34-48(55-53(56-49)36-18-7-3-8-19-36)37-28-29-51-45(33-37)43-22-12-14-27-50(43)57-51/h2-34H,1H3. The molecule has 1 aliphatic rings. The van der Waals surface area contributed by atoms with Crippen LogP contribution in [0.25, 0.3) is 87.5 Å². The number of thiophene rings is 1. The average molecular weight is 745 g/mol. The molecule has 8 aromatic carbocycles. The van der Waals surface area contributed by atoms with Gasteiger partial charge in [-0.3, -0.25) is 0 Å². The van der Waals surface area contributed by atoms with Crippen molar-refractivity contribution in [2.24, 2.45) is 0 Å². The molecule has 57 heavy (non-hydrogen) atoms. The zero-order chi connectivity index (χ0) is 37.9. The second-order valence-electron chi connectivity index (χ2n) is 15.1. The summed E-state index contributed by atoms with van der Waals surface area (Å²) in [6.07, 6.45) is 0. The highest BCUT2D eigenvalue weighted by Crippen LogP contribution is 2.55. The molecule has 10 aromatic rings. The lowest BCUT2D eigenvalue weighted by Crippen LogP contribution is -2.22. The Hall–Kier alpha value is -6.94. The van der Waals surface area contributed by atoms with Gasteiger partial charge in [0.25, 0.3) is 0 Å². The molecule has 2 aromatic heterocycles. The predicted molar refractivity (Wildman–Crippen MR) is 240 cm³/mol. The Labute approximate surface area is 336 Å². The van der Waals surface area contributed by atoms with E-state index in [0.29, 0.717) is 5.82 Å². The predicted octanol–water partition coefficient (Wildman–Crippen LogP) is 14.5. The molecule has 268 valence electrons. The lowest BCUT2D eigenvalue weighted by atomic mass is 9.74. The van der Waals surface area contributed by atoms with Crippen LogP contribution in [0.15, 0.2) is 200 Å². The third-order valence-electron chi connectivity index (χ3n) is 11.8. The zero-order valence-corrected chi connectivity index (χ0v) is 32.2. The van der Waals surface area contributed by atoms with Crippen molar-refractivity contribution in [1.29, 1.82) is 0 Å². The van der Waals surface area contributed by atoms with Crippen LogP contribution in [0, 0.1) is 0 Å². The van der Waals surface area contributed by atoms with Gasteiger partial charge in [-0.15, -0.1) is 11.3 Å². The van der Waals surface area contributed by atoms with Crippen molar-refractivity contribution in [3.63, 3.8) is 0 Å². The minimum atomic E-state index is -0.288. The Bertz CT molecular complexity index is 3130. The minimum absolute atomic E-state index is 0.288. The molecule has 2 heterocycles. The molecule has 0 radical (unpaired) electrons. The van der Waals surface area contributed by atoms with Crippen LogP contribution in [0.1, 0.15) is 23.6 Å². The molecule has 0 bridgehead atoms. The smallest absolute Gasteiger partial charge is 0.160 e. The van der Waals surface area contributed by atoms with Crippen molar-refractivity contribution in [2.75, 3.05) is 0 Å². The van der Waals surface area contributed by atoms with E-state index >= 15 is 0 Å². The van der Waals surface area contributed by atoms with E-state index in [0.717, 1.165) is 44.8 Å². The van der Waals surface area contributed by atoms with Crippen LogP contribution in [-0.4, -0.2) is 9.97 Å².